The zero-order valence-corrected chi connectivity index (χ0v) is 17.0. The Labute approximate surface area is 177 Å². The van der Waals surface area contributed by atoms with E-state index in [4.69, 9.17) is 4.74 Å². The van der Waals surface area contributed by atoms with Crippen molar-refractivity contribution in [3.63, 3.8) is 0 Å². The first kappa shape index (κ1) is 20.8. The lowest BCUT2D eigenvalue weighted by molar-refractivity contribution is -0.139. The molecule has 1 heterocycles. The Balaban J connectivity index is 1.81. The molecular formula is C23H20F3N3O2. The number of hydrogen-bond acceptors (Lipinski definition) is 4. The summed E-state index contributed by atoms with van der Waals surface area (Å²) >= 11 is 0. The second-order valence-electron chi connectivity index (χ2n) is 7.27. The van der Waals surface area contributed by atoms with Crippen LogP contribution < -0.4 is 0 Å². The van der Waals surface area contributed by atoms with Crippen molar-refractivity contribution >= 4 is 11.5 Å². The molecule has 0 saturated carbocycles. The van der Waals surface area contributed by atoms with E-state index in [2.05, 4.69) is 10.3 Å². The van der Waals surface area contributed by atoms with E-state index in [9.17, 15) is 18.0 Å². The number of halogens is 3. The summed E-state index contributed by atoms with van der Waals surface area (Å²) in [5.41, 5.74) is 3.16. The number of aromatic nitrogens is 3. The van der Waals surface area contributed by atoms with Gasteiger partial charge in [0.15, 0.2) is 0 Å². The predicted octanol–water partition coefficient (Wildman–Crippen LogP) is 4.96. The number of nitrogens with zero attached hydrogens (tertiary/aromatic N) is 3. The molecule has 0 fully saturated rings. The first-order chi connectivity index (χ1) is 14.8. The van der Waals surface area contributed by atoms with E-state index < -0.39 is 17.7 Å². The summed E-state index contributed by atoms with van der Waals surface area (Å²) in [5, 5.41) is 8.41. The molecule has 0 N–H and O–H groups in total. The smallest absolute Gasteiger partial charge is 0.416 e. The lowest BCUT2D eigenvalue weighted by atomic mass is 9.79. The van der Waals surface area contributed by atoms with Crippen LogP contribution >= 0.6 is 0 Å². The number of allylic oxidation sites excluding steroid dienone is 1. The molecule has 0 amide bonds. The molecule has 0 spiro atoms. The molecule has 3 aromatic rings. The summed E-state index contributed by atoms with van der Waals surface area (Å²) in [4.78, 5) is 12.8. The first-order valence-electron chi connectivity index (χ1n) is 9.86. The molecule has 1 aromatic heterocycles. The molecule has 160 valence electrons. The zero-order chi connectivity index (χ0) is 22.2. The van der Waals surface area contributed by atoms with Crippen molar-refractivity contribution in [1.82, 2.24) is 15.0 Å². The summed E-state index contributed by atoms with van der Waals surface area (Å²) in [6.45, 7) is 3.80. The van der Waals surface area contributed by atoms with Gasteiger partial charge in [0.2, 0.25) is 0 Å². The van der Waals surface area contributed by atoms with Gasteiger partial charge in [-0.15, -0.1) is 5.10 Å². The van der Waals surface area contributed by atoms with E-state index in [1.807, 2.05) is 30.3 Å². The van der Waals surface area contributed by atoms with Crippen molar-refractivity contribution < 1.29 is 22.7 Å². The van der Waals surface area contributed by atoms with E-state index in [0.29, 0.717) is 28.9 Å². The summed E-state index contributed by atoms with van der Waals surface area (Å²) in [7, 11) is 0. The topological polar surface area (TPSA) is 57.0 Å². The Kier molecular flexibility index (Phi) is 5.39. The summed E-state index contributed by atoms with van der Waals surface area (Å²) in [6, 6.07) is 14.4. The highest BCUT2D eigenvalue weighted by Crippen LogP contribution is 2.40. The van der Waals surface area contributed by atoms with E-state index in [1.165, 1.54) is 16.8 Å². The second kappa shape index (κ2) is 8.02. The SMILES string of the molecule is CCOC(=O)C1=C(C)c2nnn(-c3ccc(C(F)(F)F)cc3)c2CC1c1ccccc1. The van der Waals surface area contributed by atoms with Crippen LogP contribution in [0.4, 0.5) is 13.2 Å². The molecule has 8 heteroatoms. The second-order valence-corrected chi connectivity index (χ2v) is 7.27. The highest BCUT2D eigenvalue weighted by molar-refractivity contribution is 5.99. The number of hydrogen-bond donors (Lipinski definition) is 0. The number of carbonyl (C=O) groups is 1. The number of carbonyl (C=O) groups excluding carboxylic acids is 1. The van der Waals surface area contributed by atoms with E-state index in [0.717, 1.165) is 23.4 Å². The average molecular weight is 427 g/mol. The van der Waals surface area contributed by atoms with Gasteiger partial charge in [-0.1, -0.05) is 35.5 Å². The standard InChI is InChI=1S/C23H20F3N3O2/c1-3-31-22(30)20-14(2)21-19(13-18(20)15-7-5-4-6-8-15)29(28-27-21)17-11-9-16(10-12-17)23(24,25)26/h4-12,18H,3,13H2,1-2H3. The minimum absolute atomic E-state index is 0.252. The van der Waals surface area contributed by atoms with Gasteiger partial charge in [-0.2, -0.15) is 13.2 Å². The molecule has 1 unspecified atom stereocenters. The van der Waals surface area contributed by atoms with Crippen LogP contribution in [0.25, 0.3) is 11.3 Å². The van der Waals surface area contributed by atoms with Crippen LogP contribution in [-0.4, -0.2) is 27.6 Å². The number of fused-ring (bicyclic) bond motifs is 1. The van der Waals surface area contributed by atoms with E-state index >= 15 is 0 Å². The van der Waals surface area contributed by atoms with Crippen LogP contribution in [0.2, 0.25) is 0 Å². The molecule has 0 aliphatic heterocycles. The molecule has 31 heavy (non-hydrogen) atoms. The fourth-order valence-electron chi connectivity index (χ4n) is 3.93. The van der Waals surface area contributed by atoms with Crippen LogP contribution in [0.15, 0.2) is 60.2 Å². The number of rotatable bonds is 4. The number of esters is 1. The van der Waals surface area contributed by atoms with Crippen molar-refractivity contribution in [3.8, 4) is 5.69 Å². The predicted molar refractivity (Wildman–Crippen MR) is 108 cm³/mol. The Morgan fingerprint density at radius 1 is 1.13 bits per heavy atom. The van der Waals surface area contributed by atoms with Crippen molar-refractivity contribution in [2.45, 2.75) is 32.4 Å². The Hall–Kier alpha value is -3.42. The fraction of sp³-hybridized carbons (Fsp3) is 0.261. The van der Waals surface area contributed by atoms with Crippen LogP contribution in [0.1, 0.15) is 42.3 Å². The Morgan fingerprint density at radius 2 is 1.81 bits per heavy atom. The Morgan fingerprint density at radius 3 is 2.42 bits per heavy atom. The average Bonchev–Trinajstić information content (AvgIpc) is 3.18. The molecule has 5 nitrogen and oxygen atoms in total. The third-order valence-electron chi connectivity index (χ3n) is 5.40. The van der Waals surface area contributed by atoms with Gasteiger partial charge in [0, 0.05) is 12.3 Å². The maximum absolute atomic E-state index is 12.9. The van der Waals surface area contributed by atoms with Crippen LogP contribution in [0.5, 0.6) is 0 Å². The van der Waals surface area contributed by atoms with Gasteiger partial charge in [0.1, 0.15) is 5.69 Å². The van der Waals surface area contributed by atoms with Gasteiger partial charge in [-0.05, 0) is 49.2 Å². The number of ether oxygens (including phenoxy) is 1. The first-order valence-corrected chi connectivity index (χ1v) is 9.86. The van der Waals surface area contributed by atoms with Crippen molar-refractivity contribution in [2.75, 3.05) is 6.61 Å². The molecule has 4 rings (SSSR count). The number of benzene rings is 2. The maximum atomic E-state index is 12.9. The van der Waals surface area contributed by atoms with Crippen molar-refractivity contribution in [1.29, 1.82) is 0 Å². The minimum atomic E-state index is -4.41. The summed E-state index contributed by atoms with van der Waals surface area (Å²) in [6.07, 6.45) is -3.99. The van der Waals surface area contributed by atoms with Gasteiger partial charge in [0.05, 0.1) is 29.1 Å². The molecule has 1 aliphatic rings. The van der Waals surface area contributed by atoms with Gasteiger partial charge >= 0.3 is 12.1 Å². The third-order valence-corrected chi connectivity index (χ3v) is 5.40. The van der Waals surface area contributed by atoms with Crippen LogP contribution in [0, 0.1) is 0 Å². The van der Waals surface area contributed by atoms with Gasteiger partial charge in [0.25, 0.3) is 0 Å². The molecule has 0 bridgehead atoms. The summed E-state index contributed by atoms with van der Waals surface area (Å²) < 4.78 is 45.6. The highest BCUT2D eigenvalue weighted by Gasteiger charge is 2.35. The lowest BCUT2D eigenvalue weighted by Crippen LogP contribution is -2.23. The normalized spacial score (nSPS) is 16.2. The largest absolute Gasteiger partial charge is 0.463 e. The lowest BCUT2D eigenvalue weighted by Gasteiger charge is -2.26. The third kappa shape index (κ3) is 3.85. The van der Waals surface area contributed by atoms with E-state index in [1.54, 1.807) is 13.8 Å². The minimum Gasteiger partial charge on any atom is -0.463 e. The summed E-state index contributed by atoms with van der Waals surface area (Å²) in [5.74, 6) is -0.678. The van der Waals surface area contributed by atoms with E-state index in [-0.39, 0.29) is 12.5 Å². The Bertz CT molecular complexity index is 1130. The molecule has 1 aliphatic carbocycles. The van der Waals surface area contributed by atoms with Crippen LogP contribution in [-0.2, 0) is 22.1 Å². The molecular weight excluding hydrogens is 407 g/mol. The molecule has 0 saturated heterocycles. The number of alkyl halides is 3. The van der Waals surface area contributed by atoms with Gasteiger partial charge < -0.3 is 4.74 Å². The zero-order valence-electron chi connectivity index (χ0n) is 17.0. The quantitative estimate of drug-likeness (QED) is 0.552. The maximum Gasteiger partial charge on any atom is 0.416 e. The molecule has 1 atom stereocenters. The van der Waals surface area contributed by atoms with Gasteiger partial charge in [-0.3, -0.25) is 0 Å². The van der Waals surface area contributed by atoms with Gasteiger partial charge in [-0.25, -0.2) is 9.48 Å². The van der Waals surface area contributed by atoms with Crippen LogP contribution in [0.3, 0.4) is 0 Å². The highest BCUT2D eigenvalue weighted by atomic mass is 19.4. The fourth-order valence-corrected chi connectivity index (χ4v) is 3.93. The molecule has 0 radical (unpaired) electrons. The van der Waals surface area contributed by atoms with Crippen molar-refractivity contribution in [2.24, 2.45) is 0 Å². The monoisotopic (exact) mass is 427 g/mol. The van der Waals surface area contributed by atoms with Crippen molar-refractivity contribution in [3.05, 3.63) is 82.7 Å². The molecule has 2 aromatic carbocycles.